The summed E-state index contributed by atoms with van der Waals surface area (Å²) in [5.41, 5.74) is 0.807. The summed E-state index contributed by atoms with van der Waals surface area (Å²) in [6, 6.07) is 1.68. The summed E-state index contributed by atoms with van der Waals surface area (Å²) in [5, 5.41) is 11.3. The van der Waals surface area contributed by atoms with Gasteiger partial charge in [0.25, 0.3) is 0 Å². The van der Waals surface area contributed by atoms with Gasteiger partial charge in [0, 0.05) is 12.3 Å². The molecule has 0 saturated carbocycles. The Bertz CT molecular complexity index is 523. The quantitative estimate of drug-likeness (QED) is 0.599. The van der Waals surface area contributed by atoms with Crippen LogP contribution in [0.2, 0.25) is 0 Å². The molecule has 66 valence electrons. The molecule has 0 unspecified atom stereocenters. The van der Waals surface area contributed by atoms with Crippen LogP contribution in [-0.2, 0) is 0 Å². The van der Waals surface area contributed by atoms with Crippen LogP contribution in [0.25, 0.3) is 11.8 Å². The molecule has 0 atom stereocenters. The lowest BCUT2D eigenvalue weighted by molar-refractivity contribution is 0.671. The molecule has 2 heterocycles. The third kappa shape index (κ3) is 1.03. The molecule has 6 heteroatoms. The SMILES string of the molecule is C=Cn1nnc2cc(C)nn2c1=O. The minimum absolute atomic E-state index is 0.367. The van der Waals surface area contributed by atoms with E-state index >= 15 is 0 Å². The lowest BCUT2D eigenvalue weighted by Gasteiger charge is -1.93. The largest absolute Gasteiger partial charge is 0.372 e. The van der Waals surface area contributed by atoms with E-state index < -0.39 is 0 Å². The van der Waals surface area contributed by atoms with Gasteiger partial charge in [-0.15, -0.1) is 5.10 Å². The molecule has 0 bridgehead atoms. The van der Waals surface area contributed by atoms with Crippen molar-refractivity contribution in [3.8, 4) is 0 Å². The molecule has 0 fully saturated rings. The molecule has 13 heavy (non-hydrogen) atoms. The Hall–Kier alpha value is -1.98. The zero-order valence-electron chi connectivity index (χ0n) is 7.01. The third-order valence-corrected chi connectivity index (χ3v) is 1.61. The predicted octanol–water partition coefficient (Wildman–Crippen LogP) is -0.305. The Morgan fingerprint density at radius 1 is 1.62 bits per heavy atom. The summed E-state index contributed by atoms with van der Waals surface area (Å²) in [6.07, 6.45) is 1.28. The minimum atomic E-state index is -0.367. The number of nitrogens with zero attached hydrogens (tertiary/aromatic N) is 5. The normalized spacial score (nSPS) is 10.5. The molecule has 0 saturated heterocycles. The Morgan fingerprint density at radius 2 is 2.38 bits per heavy atom. The Labute approximate surface area is 73.1 Å². The van der Waals surface area contributed by atoms with Crippen molar-refractivity contribution >= 4 is 11.8 Å². The Balaban J connectivity index is 2.93. The molecule has 0 aliphatic rings. The van der Waals surface area contributed by atoms with Gasteiger partial charge in [0.15, 0.2) is 5.65 Å². The average molecular weight is 177 g/mol. The molecular formula is C7H7N5O. The first-order chi connectivity index (χ1) is 6.22. The average Bonchev–Trinajstić information content (AvgIpc) is 2.47. The van der Waals surface area contributed by atoms with Gasteiger partial charge in [0.05, 0.1) is 5.69 Å². The summed E-state index contributed by atoms with van der Waals surface area (Å²) in [7, 11) is 0. The van der Waals surface area contributed by atoms with Crippen molar-refractivity contribution in [2.45, 2.75) is 6.92 Å². The molecule has 0 radical (unpaired) electrons. The fraction of sp³-hybridized carbons (Fsp3) is 0.143. The number of fused-ring (bicyclic) bond motifs is 1. The lowest BCUT2D eigenvalue weighted by Crippen LogP contribution is -2.27. The summed E-state index contributed by atoms with van der Waals surface area (Å²) < 4.78 is 2.21. The molecule has 0 amide bonds. The molecule has 0 aliphatic heterocycles. The highest BCUT2D eigenvalue weighted by atomic mass is 16.2. The highest BCUT2D eigenvalue weighted by molar-refractivity contribution is 5.36. The van der Waals surface area contributed by atoms with Gasteiger partial charge in [-0.25, -0.2) is 4.79 Å². The van der Waals surface area contributed by atoms with Crippen LogP contribution in [0.15, 0.2) is 17.4 Å². The van der Waals surface area contributed by atoms with Crippen LogP contribution in [0.5, 0.6) is 0 Å². The van der Waals surface area contributed by atoms with Crippen molar-refractivity contribution in [3.05, 3.63) is 28.8 Å². The number of hydrogen-bond donors (Lipinski definition) is 0. The van der Waals surface area contributed by atoms with Crippen molar-refractivity contribution < 1.29 is 0 Å². The maximum Gasteiger partial charge on any atom is 0.372 e. The van der Waals surface area contributed by atoms with Crippen LogP contribution in [0.3, 0.4) is 0 Å². The molecule has 0 aliphatic carbocycles. The number of aromatic nitrogens is 5. The second kappa shape index (κ2) is 2.51. The third-order valence-electron chi connectivity index (χ3n) is 1.61. The smallest absolute Gasteiger partial charge is 0.243 e. The fourth-order valence-corrected chi connectivity index (χ4v) is 1.04. The molecule has 6 nitrogen and oxygen atoms in total. The van der Waals surface area contributed by atoms with Crippen LogP contribution in [0.4, 0.5) is 0 Å². The first-order valence-corrected chi connectivity index (χ1v) is 3.67. The number of rotatable bonds is 1. The molecule has 0 spiro atoms. The monoisotopic (exact) mass is 177 g/mol. The first-order valence-electron chi connectivity index (χ1n) is 3.67. The highest BCUT2D eigenvalue weighted by Gasteiger charge is 2.04. The zero-order valence-corrected chi connectivity index (χ0v) is 7.01. The van der Waals surface area contributed by atoms with Crippen LogP contribution in [0, 0.1) is 6.92 Å². The number of hydrogen-bond acceptors (Lipinski definition) is 4. The molecule has 0 N–H and O–H groups in total. The van der Waals surface area contributed by atoms with Crippen molar-refractivity contribution in [3.63, 3.8) is 0 Å². The van der Waals surface area contributed by atoms with Gasteiger partial charge >= 0.3 is 5.69 Å². The van der Waals surface area contributed by atoms with Gasteiger partial charge in [-0.05, 0) is 6.92 Å². The van der Waals surface area contributed by atoms with E-state index in [9.17, 15) is 4.79 Å². The van der Waals surface area contributed by atoms with Crippen molar-refractivity contribution in [1.82, 2.24) is 24.6 Å². The standard InChI is InChI=1S/C7H7N5O/c1-3-11-7(13)12-6(8-10-11)4-5(2)9-12/h3-4H,1H2,2H3. The zero-order chi connectivity index (χ0) is 9.42. The molecule has 2 aromatic rings. The first kappa shape index (κ1) is 7.66. The van der Waals surface area contributed by atoms with E-state index in [0.717, 1.165) is 10.4 Å². The summed E-state index contributed by atoms with van der Waals surface area (Å²) in [4.78, 5) is 11.5. The van der Waals surface area contributed by atoms with Crippen molar-refractivity contribution in [1.29, 1.82) is 0 Å². The number of aryl methyl sites for hydroxylation is 1. The van der Waals surface area contributed by atoms with Gasteiger partial charge in [0.1, 0.15) is 0 Å². The summed E-state index contributed by atoms with van der Waals surface area (Å²) in [5.74, 6) is 0. The van der Waals surface area contributed by atoms with E-state index in [1.165, 1.54) is 10.7 Å². The van der Waals surface area contributed by atoms with Crippen LogP contribution < -0.4 is 5.69 Å². The highest BCUT2D eigenvalue weighted by Crippen LogP contribution is 1.96. The van der Waals surface area contributed by atoms with Crippen molar-refractivity contribution in [2.75, 3.05) is 0 Å². The fourth-order valence-electron chi connectivity index (χ4n) is 1.04. The minimum Gasteiger partial charge on any atom is -0.243 e. The molecule has 2 rings (SSSR count). The van der Waals surface area contributed by atoms with E-state index in [1.807, 2.05) is 0 Å². The van der Waals surface area contributed by atoms with E-state index in [1.54, 1.807) is 13.0 Å². The van der Waals surface area contributed by atoms with E-state index in [-0.39, 0.29) is 5.69 Å². The Kier molecular flexibility index (Phi) is 1.48. The molecule has 2 aromatic heterocycles. The van der Waals surface area contributed by atoms with Crippen LogP contribution in [-0.4, -0.2) is 24.6 Å². The van der Waals surface area contributed by atoms with E-state index in [0.29, 0.717) is 5.65 Å². The van der Waals surface area contributed by atoms with E-state index in [4.69, 9.17) is 0 Å². The van der Waals surface area contributed by atoms with Gasteiger partial charge < -0.3 is 0 Å². The van der Waals surface area contributed by atoms with Gasteiger partial charge in [0.2, 0.25) is 0 Å². The van der Waals surface area contributed by atoms with E-state index in [2.05, 4.69) is 22.0 Å². The van der Waals surface area contributed by atoms with Gasteiger partial charge in [-0.3, -0.25) is 0 Å². The topological polar surface area (TPSA) is 65.1 Å². The summed E-state index contributed by atoms with van der Waals surface area (Å²) in [6.45, 7) is 5.21. The summed E-state index contributed by atoms with van der Waals surface area (Å²) >= 11 is 0. The second-order valence-electron chi connectivity index (χ2n) is 2.55. The maximum atomic E-state index is 11.5. The van der Waals surface area contributed by atoms with Gasteiger partial charge in [-0.2, -0.15) is 14.3 Å². The Morgan fingerprint density at radius 3 is 3.08 bits per heavy atom. The maximum absolute atomic E-state index is 11.5. The van der Waals surface area contributed by atoms with Crippen LogP contribution >= 0.6 is 0 Å². The predicted molar refractivity (Wildman–Crippen MR) is 46.2 cm³/mol. The molecular weight excluding hydrogens is 170 g/mol. The lowest BCUT2D eigenvalue weighted by atomic mass is 10.5. The second-order valence-corrected chi connectivity index (χ2v) is 2.55. The van der Waals surface area contributed by atoms with Gasteiger partial charge in [-0.1, -0.05) is 11.8 Å². The van der Waals surface area contributed by atoms with Crippen LogP contribution in [0.1, 0.15) is 5.69 Å². The molecule has 0 aromatic carbocycles. The van der Waals surface area contributed by atoms with Crippen molar-refractivity contribution in [2.24, 2.45) is 0 Å².